The summed E-state index contributed by atoms with van der Waals surface area (Å²) in [5.41, 5.74) is -0.0658. The molecule has 1 saturated carbocycles. The van der Waals surface area contributed by atoms with Crippen LogP contribution in [0.1, 0.15) is 71.1 Å². The number of nitrogens with zero attached hydrogens (tertiary/aromatic N) is 1. The maximum Gasteiger partial charge on any atom is 0.190 e. The van der Waals surface area contributed by atoms with Gasteiger partial charge in [-0.05, 0) is 19.3 Å². The molecule has 0 aromatic heterocycles. The number of hydrogen-bond acceptors (Lipinski definition) is 3. The van der Waals surface area contributed by atoms with E-state index in [2.05, 4.69) is 22.5 Å². The van der Waals surface area contributed by atoms with Gasteiger partial charge in [-0.2, -0.15) is 0 Å². The van der Waals surface area contributed by atoms with Crippen LogP contribution >= 0.6 is 24.0 Å². The number of halogens is 1. The molecule has 0 spiro atoms. The summed E-state index contributed by atoms with van der Waals surface area (Å²) >= 11 is 0. The Morgan fingerprint density at radius 3 is 2.04 bits per heavy atom. The van der Waals surface area contributed by atoms with Gasteiger partial charge in [0.1, 0.15) is 9.84 Å². The number of sulfone groups is 1. The van der Waals surface area contributed by atoms with Crippen LogP contribution in [-0.4, -0.2) is 46.5 Å². The standard InChI is InChI=1S/C18H37N3O2S.HI/c1-4-5-6-7-8-9-10-11-14-20-17(19-2)21-15-18(12-13-18)16-24(3,22)23;/h4-16H2,1-3H3,(H2,19,20,21);1H. The second-order valence-electron chi connectivity index (χ2n) is 7.40. The molecule has 0 unspecified atom stereocenters. The molecule has 0 aromatic rings. The molecule has 0 atom stereocenters. The lowest BCUT2D eigenvalue weighted by Crippen LogP contribution is -2.41. The molecule has 2 N–H and O–H groups in total. The molecule has 1 aliphatic rings. The van der Waals surface area contributed by atoms with E-state index in [0.717, 1.165) is 31.8 Å². The lowest BCUT2D eigenvalue weighted by atomic mass is 10.1. The minimum Gasteiger partial charge on any atom is -0.356 e. The van der Waals surface area contributed by atoms with Gasteiger partial charge in [-0.15, -0.1) is 24.0 Å². The number of rotatable bonds is 13. The first-order valence-electron chi connectivity index (χ1n) is 9.53. The maximum absolute atomic E-state index is 11.5. The molecule has 0 aliphatic heterocycles. The van der Waals surface area contributed by atoms with E-state index in [-0.39, 0.29) is 35.1 Å². The molecular weight excluding hydrogens is 449 g/mol. The van der Waals surface area contributed by atoms with Crippen LogP contribution < -0.4 is 10.6 Å². The van der Waals surface area contributed by atoms with Crippen molar-refractivity contribution in [3.8, 4) is 0 Å². The highest BCUT2D eigenvalue weighted by Crippen LogP contribution is 2.45. The van der Waals surface area contributed by atoms with E-state index in [4.69, 9.17) is 0 Å². The highest BCUT2D eigenvalue weighted by atomic mass is 127. The van der Waals surface area contributed by atoms with Crippen molar-refractivity contribution in [1.29, 1.82) is 0 Å². The minimum atomic E-state index is -2.91. The second-order valence-corrected chi connectivity index (χ2v) is 9.54. The lowest BCUT2D eigenvalue weighted by molar-refractivity contribution is 0.527. The van der Waals surface area contributed by atoms with E-state index < -0.39 is 9.84 Å². The van der Waals surface area contributed by atoms with Crippen LogP contribution in [0.4, 0.5) is 0 Å². The number of hydrogen-bond donors (Lipinski definition) is 2. The van der Waals surface area contributed by atoms with Crippen molar-refractivity contribution in [3.05, 3.63) is 0 Å². The molecule has 25 heavy (non-hydrogen) atoms. The molecule has 0 bridgehead atoms. The zero-order chi connectivity index (χ0) is 17.9. The summed E-state index contributed by atoms with van der Waals surface area (Å²) in [5, 5.41) is 6.63. The topological polar surface area (TPSA) is 70.6 Å². The zero-order valence-corrected chi connectivity index (χ0v) is 19.4. The van der Waals surface area contributed by atoms with Crippen LogP contribution in [0.15, 0.2) is 4.99 Å². The Hall–Kier alpha value is -0.0500. The largest absolute Gasteiger partial charge is 0.356 e. The van der Waals surface area contributed by atoms with Crippen LogP contribution in [0.25, 0.3) is 0 Å². The molecule has 7 heteroatoms. The molecule has 0 aromatic carbocycles. The molecule has 0 saturated heterocycles. The van der Waals surface area contributed by atoms with E-state index in [9.17, 15) is 8.42 Å². The summed E-state index contributed by atoms with van der Waals surface area (Å²) in [6, 6.07) is 0. The van der Waals surface area contributed by atoms with E-state index in [1.54, 1.807) is 7.05 Å². The van der Waals surface area contributed by atoms with E-state index in [1.807, 2.05) is 0 Å². The van der Waals surface area contributed by atoms with Crippen molar-refractivity contribution in [2.45, 2.75) is 71.1 Å². The summed E-state index contributed by atoms with van der Waals surface area (Å²) in [7, 11) is -1.15. The molecule has 0 radical (unpaired) electrons. The first-order valence-corrected chi connectivity index (χ1v) is 11.6. The number of guanidine groups is 1. The highest BCUT2D eigenvalue weighted by molar-refractivity contribution is 14.0. The van der Waals surface area contributed by atoms with Crippen molar-refractivity contribution in [1.82, 2.24) is 10.6 Å². The van der Waals surface area contributed by atoms with Gasteiger partial charge in [0.05, 0.1) is 5.75 Å². The number of aliphatic imine (C=N–C) groups is 1. The highest BCUT2D eigenvalue weighted by Gasteiger charge is 2.45. The fraction of sp³-hybridized carbons (Fsp3) is 0.944. The summed E-state index contributed by atoms with van der Waals surface area (Å²) in [6.07, 6.45) is 13.8. The van der Waals surface area contributed by atoms with Crippen molar-refractivity contribution < 1.29 is 8.42 Å². The van der Waals surface area contributed by atoms with Crippen molar-refractivity contribution in [3.63, 3.8) is 0 Å². The van der Waals surface area contributed by atoms with Crippen LogP contribution in [0, 0.1) is 5.41 Å². The predicted octanol–water partition coefficient (Wildman–Crippen LogP) is 3.73. The lowest BCUT2D eigenvalue weighted by Gasteiger charge is -2.17. The Morgan fingerprint density at radius 1 is 1.00 bits per heavy atom. The van der Waals surface area contributed by atoms with Gasteiger partial charge >= 0.3 is 0 Å². The summed E-state index contributed by atoms with van der Waals surface area (Å²) in [5.74, 6) is 1.07. The smallest absolute Gasteiger partial charge is 0.190 e. The number of unbranched alkanes of at least 4 members (excludes halogenated alkanes) is 7. The third-order valence-corrected chi connectivity index (χ3v) is 5.84. The monoisotopic (exact) mass is 487 g/mol. The molecule has 0 heterocycles. The second kappa shape index (κ2) is 13.2. The van der Waals surface area contributed by atoms with Gasteiger partial charge < -0.3 is 10.6 Å². The average Bonchev–Trinajstić information content (AvgIpc) is 3.26. The van der Waals surface area contributed by atoms with E-state index in [1.165, 1.54) is 51.2 Å². The normalized spacial score (nSPS) is 16.2. The van der Waals surface area contributed by atoms with Crippen molar-refractivity contribution in [2.75, 3.05) is 32.1 Å². The van der Waals surface area contributed by atoms with Crippen LogP contribution in [0.3, 0.4) is 0 Å². The first-order chi connectivity index (χ1) is 11.4. The van der Waals surface area contributed by atoms with Gasteiger partial charge in [0, 0.05) is 31.8 Å². The Balaban J connectivity index is 0.00000576. The molecular formula is C18H38IN3O2S. The van der Waals surface area contributed by atoms with Crippen LogP contribution in [0.5, 0.6) is 0 Å². The summed E-state index contributed by atoms with van der Waals surface area (Å²) in [6.45, 7) is 3.86. The minimum absolute atomic E-state index is 0. The maximum atomic E-state index is 11.5. The Labute approximate surface area is 172 Å². The molecule has 1 rings (SSSR count). The summed E-state index contributed by atoms with van der Waals surface area (Å²) in [4.78, 5) is 4.23. The Bertz CT molecular complexity index is 477. The van der Waals surface area contributed by atoms with E-state index >= 15 is 0 Å². The predicted molar refractivity (Wildman–Crippen MR) is 119 cm³/mol. The Kier molecular flexibility index (Phi) is 13.1. The first kappa shape index (κ1) is 24.9. The fourth-order valence-electron chi connectivity index (χ4n) is 3.06. The van der Waals surface area contributed by atoms with Gasteiger partial charge in [0.25, 0.3) is 0 Å². The zero-order valence-electron chi connectivity index (χ0n) is 16.3. The van der Waals surface area contributed by atoms with Crippen molar-refractivity contribution >= 4 is 39.8 Å². The molecule has 5 nitrogen and oxygen atoms in total. The van der Waals surface area contributed by atoms with Gasteiger partial charge in [-0.3, -0.25) is 4.99 Å². The molecule has 150 valence electrons. The van der Waals surface area contributed by atoms with Crippen LogP contribution in [0.2, 0.25) is 0 Å². The SMILES string of the molecule is CCCCCCCCCCNC(=NC)NCC1(CS(C)(=O)=O)CC1.I. The van der Waals surface area contributed by atoms with Crippen LogP contribution in [-0.2, 0) is 9.84 Å². The van der Waals surface area contributed by atoms with Gasteiger partial charge in [0.2, 0.25) is 0 Å². The van der Waals surface area contributed by atoms with Gasteiger partial charge in [-0.25, -0.2) is 8.42 Å². The average molecular weight is 487 g/mol. The molecule has 1 fully saturated rings. The van der Waals surface area contributed by atoms with Gasteiger partial charge in [-0.1, -0.05) is 51.9 Å². The molecule has 0 amide bonds. The Morgan fingerprint density at radius 2 is 1.56 bits per heavy atom. The molecule has 1 aliphatic carbocycles. The van der Waals surface area contributed by atoms with E-state index in [0.29, 0.717) is 6.54 Å². The fourth-order valence-corrected chi connectivity index (χ4v) is 4.57. The third kappa shape index (κ3) is 12.9. The van der Waals surface area contributed by atoms with Crippen molar-refractivity contribution in [2.24, 2.45) is 10.4 Å². The number of nitrogens with one attached hydrogen (secondary N) is 2. The quantitative estimate of drug-likeness (QED) is 0.180. The summed E-state index contributed by atoms with van der Waals surface area (Å²) < 4.78 is 23.0. The van der Waals surface area contributed by atoms with Gasteiger partial charge in [0.15, 0.2) is 5.96 Å². The third-order valence-electron chi connectivity index (χ3n) is 4.70.